The number of benzene rings is 3. The first-order valence-corrected chi connectivity index (χ1v) is 25.5. The number of fused-ring (bicyclic) bond motifs is 2. The number of halogens is 3. The maximum atomic E-state index is 12.0. The van der Waals surface area contributed by atoms with E-state index in [1.54, 1.807) is 19.5 Å². The number of ketones is 2. The van der Waals surface area contributed by atoms with E-state index in [0.717, 1.165) is 93.4 Å². The van der Waals surface area contributed by atoms with Gasteiger partial charge in [-0.3, -0.25) is 14.7 Å². The topological polar surface area (TPSA) is 195 Å². The largest absolute Gasteiger partial charge is 0.497 e. The van der Waals surface area contributed by atoms with E-state index in [9.17, 15) is 22.8 Å². The van der Waals surface area contributed by atoms with Gasteiger partial charge < -0.3 is 30.0 Å². The van der Waals surface area contributed by atoms with Crippen LogP contribution in [0.25, 0.3) is 22.1 Å². The van der Waals surface area contributed by atoms with Crippen LogP contribution in [0.5, 0.6) is 28.7 Å². The molecule has 0 saturated heterocycles. The van der Waals surface area contributed by atoms with Crippen molar-refractivity contribution in [2.45, 2.75) is 149 Å². The molecule has 2 fully saturated rings. The lowest BCUT2D eigenvalue weighted by Gasteiger charge is -2.22. The van der Waals surface area contributed by atoms with E-state index in [4.69, 9.17) is 34.2 Å². The first kappa shape index (κ1) is 56.8. The summed E-state index contributed by atoms with van der Waals surface area (Å²) in [5.41, 5.74) is 4.61. The quantitative estimate of drug-likeness (QED) is 0.0598. The number of aromatic amines is 1. The van der Waals surface area contributed by atoms with Crippen LogP contribution in [0, 0.1) is 0 Å². The molecule has 18 heteroatoms. The van der Waals surface area contributed by atoms with Crippen LogP contribution in [-0.4, -0.2) is 78.0 Å². The molecule has 3 aromatic carbocycles. The number of nitrogens with zero attached hydrogens (tertiary/aromatic N) is 5. The van der Waals surface area contributed by atoms with Gasteiger partial charge in [-0.15, -0.1) is 0 Å². The predicted octanol–water partition coefficient (Wildman–Crippen LogP) is 13.6. The normalized spacial score (nSPS) is 13.8. The summed E-state index contributed by atoms with van der Waals surface area (Å²) in [6.45, 7) is 4.64. The summed E-state index contributed by atoms with van der Waals surface area (Å²) in [4.78, 5) is 41.9. The lowest BCUT2D eigenvalue weighted by Crippen LogP contribution is -2.22. The molecule has 0 aliphatic heterocycles. The molecule has 0 unspecified atom stereocenters. The van der Waals surface area contributed by atoms with Gasteiger partial charge in [0, 0.05) is 62.3 Å². The Morgan fingerprint density at radius 1 is 0.653 bits per heavy atom. The Morgan fingerprint density at radius 2 is 1.11 bits per heavy atom. The van der Waals surface area contributed by atoms with Crippen LogP contribution in [0.2, 0.25) is 0 Å². The van der Waals surface area contributed by atoms with Crippen LogP contribution < -0.4 is 24.8 Å². The smallest absolute Gasteiger partial charge is 0.490 e. The van der Waals surface area contributed by atoms with Crippen molar-refractivity contribution in [1.29, 1.82) is 0 Å². The second-order valence-corrected chi connectivity index (χ2v) is 18.7. The molecule has 0 spiro atoms. The third-order valence-corrected chi connectivity index (χ3v) is 12.8. The molecule has 2 aliphatic carbocycles. The number of rotatable bonds is 19. The van der Waals surface area contributed by atoms with Crippen LogP contribution >= 0.6 is 0 Å². The number of carbonyl (C=O) groups excluding carboxylic acids is 2. The Kier molecular flexibility index (Phi) is 21.0. The molecular formula is C57H69F3N8O7. The number of Topliss-reactive ketones (excluding diaryl/α,β-unsaturated/α-hetero) is 2. The highest BCUT2D eigenvalue weighted by atomic mass is 19.4. The molecule has 0 radical (unpaired) electrons. The third-order valence-electron chi connectivity index (χ3n) is 12.8. The molecule has 2 aliphatic rings. The Labute approximate surface area is 436 Å². The SMILES string of the molecule is C.CCCC(=O)Cc1ccc(Oc2ccnc3[nH]nc(NC4CCCCC4)c23)cc1.CCCC(=O)Cc1ccc(Oc2ccnc3c2c(NC2CCCCC2)nn3Cc2ccc(OC)cc2)cc1.O=C(O)C(F)(F)F. The van der Waals surface area contributed by atoms with Crippen LogP contribution in [0.15, 0.2) is 97.3 Å². The summed E-state index contributed by atoms with van der Waals surface area (Å²) in [5, 5.41) is 28.6. The van der Waals surface area contributed by atoms with Crippen molar-refractivity contribution in [1.82, 2.24) is 29.9 Å². The fraction of sp³-hybridized carbons (Fsp3) is 0.421. The van der Waals surface area contributed by atoms with Gasteiger partial charge in [-0.05, 0) is 91.6 Å². The molecular weight excluding hydrogens is 966 g/mol. The highest BCUT2D eigenvalue weighted by molar-refractivity contribution is 5.94. The van der Waals surface area contributed by atoms with Gasteiger partial charge in [-0.1, -0.05) is 96.2 Å². The number of ether oxygens (including phenoxy) is 3. The summed E-state index contributed by atoms with van der Waals surface area (Å²) in [6.07, 6.45) is 14.6. The number of nitrogens with one attached hydrogen (secondary N) is 3. The van der Waals surface area contributed by atoms with E-state index in [-0.39, 0.29) is 19.0 Å². The van der Waals surface area contributed by atoms with Crippen molar-refractivity contribution < 1.29 is 46.9 Å². The van der Waals surface area contributed by atoms with Crippen LogP contribution in [0.3, 0.4) is 0 Å². The predicted molar refractivity (Wildman–Crippen MR) is 285 cm³/mol. The lowest BCUT2D eigenvalue weighted by atomic mass is 9.95. The molecule has 9 rings (SSSR count). The van der Waals surface area contributed by atoms with E-state index in [0.29, 0.717) is 55.7 Å². The zero-order valence-corrected chi connectivity index (χ0v) is 42.2. The number of carboxylic acids is 1. The maximum Gasteiger partial charge on any atom is 0.490 e. The summed E-state index contributed by atoms with van der Waals surface area (Å²) in [6, 6.07) is 28.1. The molecule has 75 heavy (non-hydrogen) atoms. The maximum absolute atomic E-state index is 12.0. The minimum atomic E-state index is -5.08. The monoisotopic (exact) mass is 1030 g/mol. The number of hydrogen-bond donors (Lipinski definition) is 4. The average Bonchev–Trinajstić information content (AvgIpc) is 3.97. The fourth-order valence-electron chi connectivity index (χ4n) is 9.06. The highest BCUT2D eigenvalue weighted by Crippen LogP contribution is 2.37. The molecule has 0 bridgehead atoms. The van der Waals surface area contributed by atoms with Crippen molar-refractivity contribution in [2.24, 2.45) is 0 Å². The molecule has 0 atom stereocenters. The molecule has 15 nitrogen and oxygen atoms in total. The van der Waals surface area contributed by atoms with Crippen molar-refractivity contribution in [3.63, 3.8) is 0 Å². The number of anilines is 2. The van der Waals surface area contributed by atoms with Gasteiger partial charge in [0.1, 0.15) is 51.1 Å². The number of methoxy groups -OCH3 is 1. The molecule has 0 amide bonds. The van der Waals surface area contributed by atoms with Gasteiger partial charge in [0.2, 0.25) is 0 Å². The minimum Gasteiger partial charge on any atom is -0.497 e. The zero-order valence-electron chi connectivity index (χ0n) is 42.2. The average molecular weight is 1040 g/mol. The van der Waals surface area contributed by atoms with Crippen molar-refractivity contribution in [3.05, 3.63) is 114 Å². The van der Waals surface area contributed by atoms with Gasteiger partial charge >= 0.3 is 12.1 Å². The number of carboxylic acid groups (broad SMARTS) is 1. The molecule has 4 aromatic heterocycles. The van der Waals surface area contributed by atoms with Crippen LogP contribution in [0.1, 0.15) is 128 Å². The Balaban J connectivity index is 0.000000219. The highest BCUT2D eigenvalue weighted by Gasteiger charge is 2.38. The number of hydrogen-bond acceptors (Lipinski definition) is 12. The van der Waals surface area contributed by atoms with E-state index >= 15 is 0 Å². The van der Waals surface area contributed by atoms with Crippen LogP contribution in [0.4, 0.5) is 24.8 Å². The second kappa shape index (κ2) is 27.7. The first-order chi connectivity index (χ1) is 35.8. The Bertz CT molecular complexity index is 2910. The molecule has 7 aromatic rings. The second-order valence-electron chi connectivity index (χ2n) is 18.7. The minimum absolute atomic E-state index is 0. The van der Waals surface area contributed by atoms with Gasteiger partial charge in [0.15, 0.2) is 22.9 Å². The number of aliphatic carboxylic acids is 1. The van der Waals surface area contributed by atoms with Crippen molar-refractivity contribution in [2.75, 3.05) is 17.7 Å². The number of aromatic nitrogens is 6. The van der Waals surface area contributed by atoms with E-state index in [1.807, 2.05) is 103 Å². The summed E-state index contributed by atoms with van der Waals surface area (Å²) in [5.74, 6) is 3.10. The first-order valence-electron chi connectivity index (χ1n) is 25.5. The van der Waals surface area contributed by atoms with E-state index in [1.165, 1.54) is 51.4 Å². The number of alkyl halides is 3. The fourth-order valence-corrected chi connectivity index (χ4v) is 9.06. The van der Waals surface area contributed by atoms with Gasteiger partial charge in [0.25, 0.3) is 0 Å². The molecule has 4 heterocycles. The van der Waals surface area contributed by atoms with Gasteiger partial charge in [0.05, 0.1) is 13.7 Å². The summed E-state index contributed by atoms with van der Waals surface area (Å²) in [7, 11) is 1.67. The zero-order chi connectivity index (χ0) is 52.5. The van der Waals surface area contributed by atoms with E-state index < -0.39 is 12.1 Å². The number of pyridine rings is 2. The number of H-pyrrole nitrogens is 1. The lowest BCUT2D eigenvalue weighted by molar-refractivity contribution is -0.192. The van der Waals surface area contributed by atoms with Gasteiger partial charge in [-0.25, -0.2) is 19.4 Å². The summed E-state index contributed by atoms with van der Waals surface area (Å²) >= 11 is 0. The van der Waals surface area contributed by atoms with E-state index in [2.05, 4.69) is 25.8 Å². The van der Waals surface area contributed by atoms with Gasteiger partial charge in [-0.2, -0.15) is 23.4 Å². The van der Waals surface area contributed by atoms with Crippen molar-refractivity contribution in [3.8, 4) is 28.7 Å². The summed E-state index contributed by atoms with van der Waals surface area (Å²) < 4.78 is 51.5. The molecule has 400 valence electrons. The molecule has 4 N–H and O–H groups in total. The number of carbonyl (C=O) groups is 3. The van der Waals surface area contributed by atoms with Crippen molar-refractivity contribution >= 4 is 51.2 Å². The Morgan fingerprint density at radius 3 is 1.59 bits per heavy atom. The third kappa shape index (κ3) is 16.5. The molecule has 2 saturated carbocycles. The standard InChI is InChI=1S/C31H36N4O3.C23H28N4O2.C2HF3O2.CH4/c1-3-7-25(36)20-22-10-16-27(17-11-22)38-28-18-19-32-31-29(28)30(33-24-8-5-4-6-9-24)34-35(31)21-23-12-14-26(37-2)15-13-23;1-2-6-18(28)15-16-9-11-19(12-10-16)29-20-13-14-24-22-21(20)23(27-26-22)25-17-7-4-3-5-8-17;3-2(4,5)1(6)7;/h10-19,24H,3-9,20-21H2,1-2H3,(H,33,34);9-14,17H,2-8,15H2,1H3,(H2,24,25,26,27);(H,6,7);1H4. The van der Waals surface area contributed by atoms with Crippen LogP contribution in [-0.2, 0) is 33.8 Å². The Hall–Kier alpha value is -7.50.